The molecule has 96 valence electrons. The van der Waals surface area contributed by atoms with Crippen molar-refractivity contribution < 1.29 is 4.39 Å². The van der Waals surface area contributed by atoms with Crippen LogP contribution in [0.25, 0.3) is 11.3 Å². The van der Waals surface area contributed by atoms with Crippen LogP contribution in [-0.2, 0) is 6.54 Å². The molecule has 1 heterocycles. The molecule has 0 bridgehead atoms. The zero-order valence-electron chi connectivity index (χ0n) is 10.7. The van der Waals surface area contributed by atoms with Crippen molar-refractivity contribution in [3.8, 4) is 11.3 Å². The van der Waals surface area contributed by atoms with Crippen LogP contribution in [0.4, 0.5) is 4.39 Å². The summed E-state index contributed by atoms with van der Waals surface area (Å²) in [6.07, 6.45) is 0. The van der Waals surface area contributed by atoms with E-state index >= 15 is 0 Å². The van der Waals surface area contributed by atoms with E-state index in [-0.39, 0.29) is 5.82 Å². The van der Waals surface area contributed by atoms with Gasteiger partial charge in [-0.3, -0.25) is 0 Å². The van der Waals surface area contributed by atoms with E-state index in [0.717, 1.165) is 16.1 Å². The van der Waals surface area contributed by atoms with Gasteiger partial charge in [-0.2, -0.15) is 0 Å². The molecule has 0 fully saturated rings. The molecule has 3 nitrogen and oxygen atoms in total. The maximum Gasteiger partial charge on any atom is 0.126 e. The van der Waals surface area contributed by atoms with Crippen LogP contribution in [0.2, 0.25) is 0 Å². The Morgan fingerprint density at radius 2 is 2.17 bits per heavy atom. The minimum atomic E-state index is -0.205. The largest absolute Gasteiger partial charge is 0.310 e. The molecular weight excluding hydrogens is 249 g/mol. The van der Waals surface area contributed by atoms with E-state index in [9.17, 15) is 4.39 Å². The van der Waals surface area contributed by atoms with Crippen LogP contribution in [0.1, 0.15) is 24.3 Å². The number of aromatic nitrogens is 2. The van der Waals surface area contributed by atoms with Crippen molar-refractivity contribution in [2.24, 2.45) is 0 Å². The Morgan fingerprint density at radius 3 is 2.83 bits per heavy atom. The number of hydrogen-bond acceptors (Lipinski definition) is 4. The molecule has 0 amide bonds. The summed E-state index contributed by atoms with van der Waals surface area (Å²) >= 11 is 1.35. The SMILES string of the molecule is Cc1ccc(-c2nnsc2CNC(C)C)cc1F. The fourth-order valence-corrected chi connectivity index (χ4v) is 2.20. The fraction of sp³-hybridized carbons (Fsp3) is 0.385. The van der Waals surface area contributed by atoms with Crippen LogP contribution in [0.15, 0.2) is 18.2 Å². The van der Waals surface area contributed by atoms with E-state index < -0.39 is 0 Å². The lowest BCUT2D eigenvalue weighted by molar-refractivity contribution is 0.593. The number of aryl methyl sites for hydroxylation is 1. The number of rotatable bonds is 4. The minimum Gasteiger partial charge on any atom is -0.310 e. The highest BCUT2D eigenvalue weighted by atomic mass is 32.1. The average molecular weight is 265 g/mol. The van der Waals surface area contributed by atoms with Gasteiger partial charge in [-0.1, -0.05) is 30.5 Å². The maximum atomic E-state index is 13.6. The molecule has 0 saturated carbocycles. The van der Waals surface area contributed by atoms with Crippen molar-refractivity contribution in [3.63, 3.8) is 0 Å². The van der Waals surface area contributed by atoms with Gasteiger partial charge in [0.15, 0.2) is 0 Å². The third-order valence-corrected chi connectivity index (χ3v) is 3.39. The molecule has 1 aromatic heterocycles. The topological polar surface area (TPSA) is 37.8 Å². The van der Waals surface area contributed by atoms with Crippen LogP contribution in [0.5, 0.6) is 0 Å². The molecule has 0 aliphatic carbocycles. The van der Waals surface area contributed by atoms with E-state index in [2.05, 4.69) is 28.8 Å². The Kier molecular flexibility index (Phi) is 4.04. The molecule has 0 radical (unpaired) electrons. The first-order chi connectivity index (χ1) is 8.58. The van der Waals surface area contributed by atoms with E-state index in [1.165, 1.54) is 17.6 Å². The zero-order valence-corrected chi connectivity index (χ0v) is 11.5. The van der Waals surface area contributed by atoms with Gasteiger partial charge in [0.1, 0.15) is 11.5 Å². The van der Waals surface area contributed by atoms with Gasteiger partial charge >= 0.3 is 0 Å². The normalized spacial score (nSPS) is 11.2. The van der Waals surface area contributed by atoms with E-state index in [1.807, 2.05) is 6.07 Å². The Balaban J connectivity index is 2.27. The van der Waals surface area contributed by atoms with Gasteiger partial charge in [-0.15, -0.1) is 5.10 Å². The van der Waals surface area contributed by atoms with Crippen LogP contribution in [-0.4, -0.2) is 15.6 Å². The highest BCUT2D eigenvalue weighted by Gasteiger charge is 2.12. The van der Waals surface area contributed by atoms with Crippen LogP contribution in [0.3, 0.4) is 0 Å². The van der Waals surface area contributed by atoms with Crippen molar-refractivity contribution in [1.82, 2.24) is 14.9 Å². The second kappa shape index (κ2) is 5.54. The number of hydrogen-bond donors (Lipinski definition) is 1. The first-order valence-electron chi connectivity index (χ1n) is 5.89. The maximum absolute atomic E-state index is 13.6. The predicted molar refractivity (Wildman–Crippen MR) is 72.0 cm³/mol. The van der Waals surface area contributed by atoms with Crippen molar-refractivity contribution in [2.75, 3.05) is 0 Å². The third kappa shape index (κ3) is 2.91. The minimum absolute atomic E-state index is 0.205. The lowest BCUT2D eigenvalue weighted by Gasteiger charge is -2.07. The second-order valence-electron chi connectivity index (χ2n) is 4.54. The predicted octanol–water partition coefficient (Wildman–Crippen LogP) is 3.15. The van der Waals surface area contributed by atoms with Gasteiger partial charge in [0.05, 0.1) is 4.88 Å². The molecule has 0 saturated heterocycles. The molecule has 2 aromatic rings. The Labute approximate surface area is 110 Å². The smallest absolute Gasteiger partial charge is 0.126 e. The Bertz CT molecular complexity index is 537. The van der Waals surface area contributed by atoms with Crippen molar-refractivity contribution in [3.05, 3.63) is 34.5 Å². The molecule has 1 N–H and O–H groups in total. The summed E-state index contributed by atoms with van der Waals surface area (Å²) in [5.41, 5.74) is 2.20. The van der Waals surface area contributed by atoms with Gasteiger partial charge < -0.3 is 5.32 Å². The molecule has 0 spiro atoms. The first-order valence-corrected chi connectivity index (χ1v) is 6.66. The van der Waals surface area contributed by atoms with E-state index in [4.69, 9.17) is 0 Å². The van der Waals surface area contributed by atoms with Crippen LogP contribution >= 0.6 is 11.5 Å². The van der Waals surface area contributed by atoms with Gasteiger partial charge in [-0.05, 0) is 30.1 Å². The van der Waals surface area contributed by atoms with Crippen molar-refractivity contribution in [1.29, 1.82) is 0 Å². The molecular formula is C13H16FN3S. The molecule has 18 heavy (non-hydrogen) atoms. The number of benzene rings is 1. The fourth-order valence-electron chi connectivity index (χ4n) is 1.58. The van der Waals surface area contributed by atoms with Crippen LogP contribution in [0, 0.1) is 12.7 Å². The van der Waals surface area contributed by atoms with Crippen LogP contribution < -0.4 is 5.32 Å². The second-order valence-corrected chi connectivity index (χ2v) is 5.38. The van der Waals surface area contributed by atoms with Gasteiger partial charge in [0.2, 0.25) is 0 Å². The summed E-state index contributed by atoms with van der Waals surface area (Å²) in [5, 5.41) is 7.42. The molecule has 0 aliphatic heterocycles. The Morgan fingerprint density at radius 1 is 1.39 bits per heavy atom. The van der Waals surface area contributed by atoms with E-state index in [1.54, 1.807) is 13.0 Å². The quantitative estimate of drug-likeness (QED) is 0.922. The Hall–Kier alpha value is -1.33. The first kappa shape index (κ1) is 13.1. The van der Waals surface area contributed by atoms with Gasteiger partial charge in [0.25, 0.3) is 0 Å². The number of halogens is 1. The molecule has 0 unspecified atom stereocenters. The van der Waals surface area contributed by atoms with Crippen molar-refractivity contribution in [2.45, 2.75) is 33.4 Å². The summed E-state index contributed by atoms with van der Waals surface area (Å²) in [6.45, 7) is 6.62. The molecule has 0 aliphatic rings. The zero-order chi connectivity index (χ0) is 13.1. The molecule has 1 aromatic carbocycles. The number of nitrogens with zero attached hydrogens (tertiary/aromatic N) is 2. The number of nitrogens with one attached hydrogen (secondary N) is 1. The lowest BCUT2D eigenvalue weighted by atomic mass is 10.1. The average Bonchev–Trinajstić information content (AvgIpc) is 2.78. The highest BCUT2D eigenvalue weighted by Crippen LogP contribution is 2.25. The monoisotopic (exact) mass is 265 g/mol. The standard InChI is InChI=1S/C13H16FN3S/c1-8(2)15-7-12-13(16-17-18-12)10-5-4-9(3)11(14)6-10/h4-6,8,15H,7H2,1-3H3. The molecule has 5 heteroatoms. The summed E-state index contributed by atoms with van der Waals surface area (Å²) in [6, 6.07) is 5.57. The lowest BCUT2D eigenvalue weighted by Crippen LogP contribution is -2.21. The summed E-state index contributed by atoms with van der Waals surface area (Å²) in [4.78, 5) is 1.03. The molecule has 0 atom stereocenters. The van der Waals surface area contributed by atoms with Gasteiger partial charge in [0, 0.05) is 18.2 Å². The van der Waals surface area contributed by atoms with Crippen molar-refractivity contribution >= 4 is 11.5 Å². The van der Waals surface area contributed by atoms with Gasteiger partial charge in [-0.25, -0.2) is 4.39 Å². The third-order valence-electron chi connectivity index (χ3n) is 2.67. The summed E-state index contributed by atoms with van der Waals surface area (Å²) in [5.74, 6) is -0.205. The highest BCUT2D eigenvalue weighted by molar-refractivity contribution is 7.05. The molecule has 2 rings (SSSR count). The van der Waals surface area contributed by atoms with E-state index in [0.29, 0.717) is 18.2 Å². The summed E-state index contributed by atoms with van der Waals surface area (Å²) in [7, 11) is 0. The summed E-state index contributed by atoms with van der Waals surface area (Å²) < 4.78 is 17.5.